The molecule has 0 saturated carbocycles. The molecule has 0 saturated heterocycles. The van der Waals surface area contributed by atoms with E-state index in [1.807, 2.05) is 0 Å². The van der Waals surface area contributed by atoms with Crippen molar-refractivity contribution < 1.29 is 0 Å². The van der Waals surface area contributed by atoms with E-state index in [0.29, 0.717) is 0 Å². The van der Waals surface area contributed by atoms with Crippen molar-refractivity contribution in [2.45, 2.75) is 40.0 Å². The van der Waals surface area contributed by atoms with Crippen LogP contribution in [0.1, 0.15) is 44.7 Å². The van der Waals surface area contributed by atoms with E-state index in [1.54, 1.807) is 11.1 Å². The van der Waals surface area contributed by atoms with Crippen LogP contribution in [0.4, 0.5) is 0 Å². The van der Waals surface area contributed by atoms with Gasteiger partial charge in [-0.15, -0.1) is 0 Å². The molecule has 2 heterocycles. The number of benzene rings is 6. The first-order chi connectivity index (χ1) is 26.9. The van der Waals surface area contributed by atoms with Gasteiger partial charge in [0.15, 0.2) is 0 Å². The van der Waals surface area contributed by atoms with Crippen LogP contribution < -0.4 is 5.32 Å². The summed E-state index contributed by atoms with van der Waals surface area (Å²) < 4.78 is 0. The van der Waals surface area contributed by atoms with E-state index in [4.69, 9.17) is 0 Å². The van der Waals surface area contributed by atoms with Crippen LogP contribution in [0.5, 0.6) is 0 Å². The molecule has 1 unspecified atom stereocenters. The van der Waals surface area contributed by atoms with Crippen molar-refractivity contribution in [3.05, 3.63) is 208 Å². The monoisotopic (exact) mass is 705 g/mol. The quantitative estimate of drug-likeness (QED) is 0.193. The van der Waals surface area contributed by atoms with Crippen LogP contribution in [0.15, 0.2) is 197 Å². The molecule has 264 valence electrons. The normalized spacial score (nSPS) is 20.7. The summed E-state index contributed by atoms with van der Waals surface area (Å²) in [4.78, 5) is 0. The van der Waals surface area contributed by atoms with E-state index >= 15 is 0 Å². The van der Waals surface area contributed by atoms with Gasteiger partial charge in [0.25, 0.3) is 0 Å². The van der Waals surface area contributed by atoms with E-state index in [2.05, 4.69) is 190 Å². The molecule has 1 nitrogen and oxygen atoms in total. The summed E-state index contributed by atoms with van der Waals surface area (Å²) >= 11 is 0. The van der Waals surface area contributed by atoms with Gasteiger partial charge < -0.3 is 5.32 Å². The highest BCUT2D eigenvalue weighted by Crippen LogP contribution is 2.65. The Balaban J connectivity index is 1.16. The first-order valence-electron chi connectivity index (χ1n) is 19.8. The smallest absolute Gasteiger partial charge is 0.0460 e. The molecule has 0 fully saturated rings. The minimum absolute atomic E-state index is 0.0845. The maximum atomic E-state index is 3.69. The Labute approximate surface area is 323 Å². The van der Waals surface area contributed by atoms with E-state index in [0.717, 1.165) is 25.0 Å². The van der Waals surface area contributed by atoms with Crippen molar-refractivity contribution in [2.24, 2.45) is 10.8 Å². The van der Waals surface area contributed by atoms with Crippen LogP contribution in [-0.4, -0.2) is 0 Å². The Morgan fingerprint density at radius 3 is 1.95 bits per heavy atom. The van der Waals surface area contributed by atoms with Gasteiger partial charge in [0.2, 0.25) is 0 Å². The molecule has 0 radical (unpaired) electrons. The molecule has 2 aliphatic heterocycles. The Kier molecular flexibility index (Phi) is 6.99. The number of rotatable bonds is 3. The summed E-state index contributed by atoms with van der Waals surface area (Å²) in [5, 5.41) is 11.5. The largest absolute Gasteiger partial charge is 0.355 e. The molecule has 5 aliphatic rings. The van der Waals surface area contributed by atoms with Crippen LogP contribution in [0.2, 0.25) is 0 Å². The van der Waals surface area contributed by atoms with Gasteiger partial charge in [0, 0.05) is 27.8 Å². The van der Waals surface area contributed by atoms with Gasteiger partial charge in [-0.05, 0) is 132 Å². The lowest BCUT2D eigenvalue weighted by Gasteiger charge is -2.40. The van der Waals surface area contributed by atoms with Gasteiger partial charge in [-0.3, -0.25) is 0 Å². The lowest BCUT2D eigenvalue weighted by molar-refractivity contribution is 0.417. The summed E-state index contributed by atoms with van der Waals surface area (Å²) in [7, 11) is 0. The first-order valence-corrected chi connectivity index (χ1v) is 19.8. The van der Waals surface area contributed by atoms with Crippen molar-refractivity contribution in [1.29, 1.82) is 0 Å². The maximum Gasteiger partial charge on any atom is 0.0460 e. The predicted octanol–water partition coefficient (Wildman–Crippen LogP) is 13.9. The molecule has 2 bridgehead atoms. The highest BCUT2D eigenvalue weighted by atomic mass is 14.9. The van der Waals surface area contributed by atoms with Crippen molar-refractivity contribution in [1.82, 2.24) is 5.32 Å². The van der Waals surface area contributed by atoms with Gasteiger partial charge in [0.05, 0.1) is 0 Å². The van der Waals surface area contributed by atoms with Gasteiger partial charge in [-0.1, -0.05) is 160 Å². The van der Waals surface area contributed by atoms with E-state index in [-0.39, 0.29) is 10.8 Å². The second kappa shape index (κ2) is 11.9. The lowest BCUT2D eigenvalue weighted by Crippen LogP contribution is -2.29. The van der Waals surface area contributed by atoms with Crippen LogP contribution in [0, 0.1) is 10.8 Å². The number of hydrogen-bond acceptors (Lipinski definition) is 1. The number of hydrogen-bond donors (Lipinski definition) is 1. The molecule has 6 aromatic rings. The predicted molar refractivity (Wildman–Crippen MR) is 233 cm³/mol. The van der Waals surface area contributed by atoms with Crippen molar-refractivity contribution in [3.63, 3.8) is 0 Å². The summed E-state index contributed by atoms with van der Waals surface area (Å²) in [6.45, 7) is 7.53. The zero-order valence-electron chi connectivity index (χ0n) is 31.7. The third kappa shape index (κ3) is 4.85. The third-order valence-electron chi connectivity index (χ3n) is 13.3. The zero-order chi connectivity index (χ0) is 36.9. The van der Waals surface area contributed by atoms with Crippen molar-refractivity contribution in [3.8, 4) is 22.3 Å². The fraction of sp³-hybridized carbons (Fsp3) is 0.148. The Bertz CT molecular complexity index is 2950. The van der Waals surface area contributed by atoms with Gasteiger partial charge in [-0.25, -0.2) is 0 Å². The molecule has 1 heteroatoms. The second-order valence-electron chi connectivity index (χ2n) is 16.7. The molecule has 0 amide bonds. The summed E-state index contributed by atoms with van der Waals surface area (Å²) in [6, 6.07) is 40.9. The Hall–Kier alpha value is -6.18. The molecular weight excluding hydrogens is 663 g/mol. The van der Waals surface area contributed by atoms with Crippen LogP contribution in [0.25, 0.3) is 60.6 Å². The summed E-state index contributed by atoms with van der Waals surface area (Å²) in [5.74, 6) is 0. The van der Waals surface area contributed by atoms with Crippen molar-refractivity contribution >= 4 is 38.4 Å². The summed E-state index contributed by atoms with van der Waals surface area (Å²) in [5.41, 5.74) is 17.7. The second-order valence-corrected chi connectivity index (χ2v) is 16.7. The van der Waals surface area contributed by atoms with E-state index < -0.39 is 0 Å². The molecule has 3 aliphatic carbocycles. The van der Waals surface area contributed by atoms with E-state index in [1.165, 1.54) is 88.1 Å². The molecule has 0 spiro atoms. The molecule has 11 rings (SSSR count). The minimum atomic E-state index is -0.125. The molecule has 1 N–H and O–H groups in total. The fourth-order valence-corrected chi connectivity index (χ4v) is 10.7. The van der Waals surface area contributed by atoms with Gasteiger partial charge in [0.1, 0.15) is 0 Å². The van der Waals surface area contributed by atoms with Crippen LogP contribution in [-0.2, 0) is 6.42 Å². The Morgan fingerprint density at radius 2 is 1.22 bits per heavy atom. The molecule has 55 heavy (non-hydrogen) atoms. The van der Waals surface area contributed by atoms with Crippen LogP contribution >= 0.6 is 0 Å². The third-order valence-corrected chi connectivity index (χ3v) is 13.3. The van der Waals surface area contributed by atoms with Gasteiger partial charge >= 0.3 is 0 Å². The molecule has 6 aromatic carbocycles. The maximum absolute atomic E-state index is 3.69. The average Bonchev–Trinajstić information content (AvgIpc) is 3.49. The highest BCUT2D eigenvalue weighted by molar-refractivity contribution is 6.12. The standard InChI is InChI=1S/C54H43N/c1-53(2)48-31-38(42-21-12-18-41-17-8-11-22-49(42)55-41)27-28-47(48)54(3)33-46-45(32-50(53)54)51(39-25-23-34-13-4-6-15-36(34)29-39)43-19-9-10-20-44(43)52(46)40-26-24-35-14-5-7-16-37(35)30-40/h4-26,29-32,55H,27-28,33H2,1-3H3. The molecular formula is C54H43N. The van der Waals surface area contributed by atoms with Gasteiger partial charge in [-0.2, -0.15) is 0 Å². The molecule has 0 aromatic heterocycles. The lowest BCUT2D eigenvalue weighted by atomic mass is 9.63. The minimum Gasteiger partial charge on any atom is -0.355 e. The van der Waals surface area contributed by atoms with E-state index in [9.17, 15) is 0 Å². The first kappa shape index (κ1) is 32.3. The Morgan fingerprint density at radius 1 is 0.582 bits per heavy atom. The fourth-order valence-electron chi connectivity index (χ4n) is 10.7. The highest BCUT2D eigenvalue weighted by Gasteiger charge is 2.53. The topological polar surface area (TPSA) is 12.0 Å². The average molecular weight is 706 g/mol. The number of nitrogens with one attached hydrogen (secondary N) is 1. The zero-order valence-corrected chi connectivity index (χ0v) is 31.7. The van der Waals surface area contributed by atoms with Crippen molar-refractivity contribution in [2.75, 3.05) is 0 Å². The summed E-state index contributed by atoms with van der Waals surface area (Å²) in [6.07, 6.45) is 23.6. The number of allylic oxidation sites excluding steroid dienone is 12. The molecule has 1 atom stereocenters. The van der Waals surface area contributed by atoms with Crippen LogP contribution in [0.3, 0.4) is 0 Å². The SMILES string of the molecule is CC1(C)C2=Cc3c(c(-c4ccc5ccccc5c4)c4ccccc4c3-c3ccc4ccccc4c3)CC2(C)C2=C1C=C(C1=CC=CC3=CC=CC=C1N3)CC2. The number of fused-ring (bicyclic) bond motifs is 8.